The smallest absolute Gasteiger partial charge is 0.412 e. The molecule has 1 heterocycles. The molecule has 0 fully saturated rings. The minimum absolute atomic E-state index is 0.467. The Morgan fingerprint density at radius 2 is 2.17 bits per heavy atom. The molecule has 0 aliphatic heterocycles. The van der Waals surface area contributed by atoms with Crippen molar-refractivity contribution in [2.75, 3.05) is 11.9 Å². The zero-order chi connectivity index (χ0) is 16.9. The average Bonchev–Trinajstić information content (AvgIpc) is 2.84. The summed E-state index contributed by atoms with van der Waals surface area (Å²) in [6.45, 7) is 6.74. The van der Waals surface area contributed by atoms with E-state index in [2.05, 4.69) is 19.9 Å². The Morgan fingerprint density at radius 1 is 1.39 bits per heavy atom. The summed E-state index contributed by atoms with van der Waals surface area (Å²) in [6.07, 6.45) is 2.30. The molecule has 1 N–H and O–H groups in total. The van der Waals surface area contributed by atoms with E-state index in [0.29, 0.717) is 12.2 Å². The number of nitrogens with one attached hydrogen (secondary N) is 1. The number of aryl methyl sites for hydroxylation is 1. The van der Waals surface area contributed by atoms with Gasteiger partial charge in [-0.2, -0.15) is 0 Å². The minimum Gasteiger partial charge on any atom is -0.444 e. The number of hydrogen-bond acceptors (Lipinski definition) is 3. The van der Waals surface area contributed by atoms with Crippen LogP contribution in [0.2, 0.25) is 0 Å². The molecule has 2 rings (SSSR count). The van der Waals surface area contributed by atoms with Crippen LogP contribution in [0.1, 0.15) is 27.2 Å². The Morgan fingerprint density at radius 3 is 2.87 bits per heavy atom. The molecule has 0 radical (unpaired) electrons. The molecule has 122 valence electrons. The number of benzene rings is 1. The van der Waals surface area contributed by atoms with Gasteiger partial charge in [0.1, 0.15) is 5.60 Å². The third kappa shape index (κ3) is 4.93. The summed E-state index contributed by atoms with van der Waals surface area (Å²) in [7, 11) is 0. The van der Waals surface area contributed by atoms with Crippen LogP contribution in [0.5, 0.6) is 0 Å². The van der Waals surface area contributed by atoms with E-state index in [4.69, 9.17) is 10.3 Å². The maximum absolute atomic E-state index is 11.8. The van der Waals surface area contributed by atoms with Crippen molar-refractivity contribution in [3.8, 4) is 0 Å². The van der Waals surface area contributed by atoms with E-state index in [1.807, 2.05) is 51.2 Å². The average molecular weight is 315 g/mol. The van der Waals surface area contributed by atoms with Crippen molar-refractivity contribution >= 4 is 22.7 Å². The first-order chi connectivity index (χ1) is 10.9. The highest BCUT2D eigenvalue weighted by Crippen LogP contribution is 2.21. The van der Waals surface area contributed by atoms with Crippen molar-refractivity contribution in [3.05, 3.63) is 40.9 Å². The van der Waals surface area contributed by atoms with Crippen LogP contribution in [0.15, 0.2) is 35.6 Å². The maximum atomic E-state index is 11.8. The van der Waals surface area contributed by atoms with Gasteiger partial charge in [-0.25, -0.2) is 4.79 Å². The Balaban J connectivity index is 2.05. The first-order valence-corrected chi connectivity index (χ1v) is 7.49. The summed E-state index contributed by atoms with van der Waals surface area (Å²) in [5.41, 5.74) is 9.51. The predicted molar refractivity (Wildman–Crippen MR) is 90.4 cm³/mol. The fraction of sp³-hybridized carbons (Fsp3) is 0.438. The van der Waals surface area contributed by atoms with Gasteiger partial charge in [0, 0.05) is 40.8 Å². The van der Waals surface area contributed by atoms with E-state index in [-0.39, 0.29) is 0 Å². The molecule has 0 saturated heterocycles. The summed E-state index contributed by atoms with van der Waals surface area (Å²) in [6, 6.07) is 7.69. The summed E-state index contributed by atoms with van der Waals surface area (Å²) in [4.78, 5) is 14.5. The number of carbonyl (C=O) groups excluding carboxylic acids is 1. The molecule has 7 heteroatoms. The normalized spacial score (nSPS) is 11.1. The molecule has 0 aliphatic carbocycles. The van der Waals surface area contributed by atoms with Gasteiger partial charge >= 0.3 is 6.09 Å². The lowest BCUT2D eigenvalue weighted by atomic mass is 10.2. The van der Waals surface area contributed by atoms with Crippen LogP contribution >= 0.6 is 0 Å². The third-order valence-electron chi connectivity index (χ3n) is 3.14. The first kappa shape index (κ1) is 16.7. The predicted octanol–water partition coefficient (Wildman–Crippen LogP) is 4.69. The summed E-state index contributed by atoms with van der Waals surface area (Å²) < 4.78 is 7.34. The fourth-order valence-corrected chi connectivity index (χ4v) is 2.25. The molecule has 1 aromatic heterocycles. The topological polar surface area (TPSA) is 92.0 Å². The van der Waals surface area contributed by atoms with Crippen LogP contribution in [0.4, 0.5) is 10.5 Å². The van der Waals surface area contributed by atoms with Crippen molar-refractivity contribution in [2.45, 2.75) is 39.3 Å². The van der Waals surface area contributed by atoms with Gasteiger partial charge in [0.05, 0.1) is 0 Å². The Hall–Kier alpha value is -2.66. The van der Waals surface area contributed by atoms with E-state index in [1.54, 1.807) is 0 Å². The Kier molecular flexibility index (Phi) is 5.13. The van der Waals surface area contributed by atoms with Crippen LogP contribution < -0.4 is 5.32 Å². The third-order valence-corrected chi connectivity index (χ3v) is 3.14. The van der Waals surface area contributed by atoms with Crippen LogP contribution in [0.3, 0.4) is 0 Å². The van der Waals surface area contributed by atoms with Crippen molar-refractivity contribution < 1.29 is 9.53 Å². The van der Waals surface area contributed by atoms with Crippen molar-refractivity contribution in [1.82, 2.24) is 4.57 Å². The molecule has 7 nitrogen and oxygen atoms in total. The highest BCUT2D eigenvalue weighted by molar-refractivity contribution is 5.90. The molecule has 0 aliphatic rings. The van der Waals surface area contributed by atoms with E-state index >= 15 is 0 Å². The number of anilines is 1. The molecule has 2 aromatic rings. The number of azide groups is 1. The maximum Gasteiger partial charge on any atom is 0.412 e. The van der Waals surface area contributed by atoms with E-state index in [9.17, 15) is 4.79 Å². The van der Waals surface area contributed by atoms with Crippen LogP contribution in [-0.4, -0.2) is 22.8 Å². The van der Waals surface area contributed by atoms with Gasteiger partial charge in [-0.3, -0.25) is 5.32 Å². The van der Waals surface area contributed by atoms with Crippen molar-refractivity contribution in [3.63, 3.8) is 0 Å². The lowest BCUT2D eigenvalue weighted by Gasteiger charge is -2.19. The van der Waals surface area contributed by atoms with Crippen LogP contribution in [0.25, 0.3) is 21.3 Å². The molecule has 0 saturated carbocycles. The fourth-order valence-electron chi connectivity index (χ4n) is 2.25. The number of aromatic nitrogens is 1. The SMILES string of the molecule is CC(C)(C)OC(=O)Nc1ccc2c(ccn2CCCN=[N+]=[N-])c1. The molecule has 0 atom stereocenters. The van der Waals surface area contributed by atoms with Gasteiger partial charge in [-0.1, -0.05) is 5.11 Å². The van der Waals surface area contributed by atoms with Gasteiger partial charge in [-0.15, -0.1) is 0 Å². The lowest BCUT2D eigenvalue weighted by molar-refractivity contribution is 0.0636. The van der Waals surface area contributed by atoms with Gasteiger partial charge in [0.2, 0.25) is 0 Å². The lowest BCUT2D eigenvalue weighted by Crippen LogP contribution is -2.27. The van der Waals surface area contributed by atoms with Crippen molar-refractivity contribution in [2.24, 2.45) is 5.11 Å². The van der Waals surface area contributed by atoms with E-state index < -0.39 is 11.7 Å². The second-order valence-electron chi connectivity index (χ2n) is 6.22. The van der Waals surface area contributed by atoms with Gasteiger partial charge in [0.15, 0.2) is 0 Å². The van der Waals surface area contributed by atoms with Crippen molar-refractivity contribution in [1.29, 1.82) is 0 Å². The van der Waals surface area contributed by atoms with E-state index in [0.717, 1.165) is 23.9 Å². The molecule has 23 heavy (non-hydrogen) atoms. The van der Waals surface area contributed by atoms with Crippen LogP contribution in [-0.2, 0) is 11.3 Å². The quantitative estimate of drug-likeness (QED) is 0.375. The zero-order valence-corrected chi connectivity index (χ0v) is 13.6. The highest BCUT2D eigenvalue weighted by Gasteiger charge is 2.16. The monoisotopic (exact) mass is 315 g/mol. The molecule has 0 unspecified atom stereocenters. The molecule has 0 bridgehead atoms. The van der Waals surface area contributed by atoms with Gasteiger partial charge in [-0.05, 0) is 57.0 Å². The number of amides is 1. The second-order valence-corrected chi connectivity index (χ2v) is 6.22. The number of nitrogens with zero attached hydrogens (tertiary/aromatic N) is 4. The minimum atomic E-state index is -0.524. The number of ether oxygens (including phenoxy) is 1. The molecular formula is C16H21N5O2. The number of fused-ring (bicyclic) bond motifs is 1. The molecule has 1 aromatic carbocycles. The zero-order valence-electron chi connectivity index (χ0n) is 13.6. The van der Waals surface area contributed by atoms with Gasteiger partial charge in [0.25, 0.3) is 0 Å². The van der Waals surface area contributed by atoms with Crippen LogP contribution in [0, 0.1) is 0 Å². The highest BCUT2D eigenvalue weighted by atomic mass is 16.6. The number of rotatable bonds is 5. The van der Waals surface area contributed by atoms with Gasteiger partial charge < -0.3 is 9.30 Å². The standard InChI is InChI=1S/C16H21N5O2/c1-16(2,3)23-15(22)19-13-5-6-14-12(11-13)7-10-21(14)9-4-8-18-20-17/h5-7,10-11H,4,8-9H2,1-3H3,(H,19,22). The second kappa shape index (κ2) is 7.07. The Bertz CT molecular complexity index is 738. The largest absolute Gasteiger partial charge is 0.444 e. The number of hydrogen-bond donors (Lipinski definition) is 1. The molecular weight excluding hydrogens is 294 g/mol. The summed E-state index contributed by atoms with van der Waals surface area (Å²) in [5.74, 6) is 0. The first-order valence-electron chi connectivity index (χ1n) is 7.49. The van der Waals surface area contributed by atoms with E-state index in [1.165, 1.54) is 0 Å². The number of carbonyl (C=O) groups is 1. The summed E-state index contributed by atoms with van der Waals surface area (Å²) >= 11 is 0. The molecule has 1 amide bonds. The summed E-state index contributed by atoms with van der Waals surface area (Å²) in [5, 5.41) is 7.30. The Labute approximate surface area is 134 Å². The molecule has 0 spiro atoms.